The molecule has 0 aliphatic rings. The van der Waals surface area contributed by atoms with E-state index in [0.717, 1.165) is 12.0 Å². The summed E-state index contributed by atoms with van der Waals surface area (Å²) in [7, 11) is 0. The van der Waals surface area contributed by atoms with E-state index in [0.29, 0.717) is 4.48 Å². The molecule has 0 heterocycles. The van der Waals surface area contributed by atoms with Gasteiger partial charge in [-0.3, -0.25) is 4.79 Å². The van der Waals surface area contributed by atoms with Gasteiger partial charge in [-0.2, -0.15) is 0 Å². The van der Waals surface area contributed by atoms with Gasteiger partial charge in [0.2, 0.25) is 0 Å². The molecule has 0 unspecified atom stereocenters. The molecule has 1 N–H and O–H groups in total. The fraction of sp³-hybridized carbons (Fsp3) is 0. The van der Waals surface area contributed by atoms with Gasteiger partial charge in [-0.15, -0.1) is 0 Å². The summed E-state index contributed by atoms with van der Waals surface area (Å²) in [4.78, 5) is 10.2. The van der Waals surface area contributed by atoms with Crippen molar-refractivity contribution < 1.29 is 4.79 Å². The molecule has 1 aromatic carbocycles. The maximum Gasteiger partial charge on any atom is 0.158 e. The molecule has 1 rings (SSSR count). The summed E-state index contributed by atoms with van der Waals surface area (Å²) in [5.41, 5.74) is 0.955. The van der Waals surface area contributed by atoms with Gasteiger partial charge in [-0.1, -0.05) is 18.2 Å². The van der Waals surface area contributed by atoms with Crippen molar-refractivity contribution in [2.24, 2.45) is 0 Å². The lowest BCUT2D eigenvalue weighted by molar-refractivity contribution is -0.104. The summed E-state index contributed by atoms with van der Waals surface area (Å²) in [6.45, 7) is 0. The minimum Gasteiger partial charge on any atom is -0.360 e. The first-order valence-electron chi connectivity index (χ1n) is 3.45. The second kappa shape index (κ2) is 4.72. The number of anilines is 1. The summed E-state index contributed by atoms with van der Waals surface area (Å²) in [6, 6.07) is 9.61. The van der Waals surface area contributed by atoms with Crippen molar-refractivity contribution in [1.29, 1.82) is 0 Å². The number of nitrogens with one attached hydrogen (secondary N) is 1. The van der Waals surface area contributed by atoms with Gasteiger partial charge in [0.15, 0.2) is 6.29 Å². The van der Waals surface area contributed by atoms with E-state index in [1.165, 1.54) is 0 Å². The molecule has 0 saturated heterocycles. The average Bonchev–Trinajstić information content (AvgIpc) is 2.16. The molecule has 0 bridgehead atoms. The lowest BCUT2D eigenvalue weighted by atomic mass is 10.3. The standard InChI is InChI=1S/C9H8BrNO/c10-8(7-12)6-11-9-4-2-1-3-5-9/h1-7,11H/b8-6-. The molecule has 62 valence electrons. The third kappa shape index (κ3) is 2.88. The van der Waals surface area contributed by atoms with Gasteiger partial charge < -0.3 is 5.32 Å². The van der Waals surface area contributed by atoms with Crippen LogP contribution in [0.15, 0.2) is 41.0 Å². The van der Waals surface area contributed by atoms with E-state index in [1.807, 2.05) is 30.3 Å². The number of halogens is 1. The van der Waals surface area contributed by atoms with Crippen LogP contribution >= 0.6 is 15.9 Å². The van der Waals surface area contributed by atoms with Crippen LogP contribution in [0.3, 0.4) is 0 Å². The van der Waals surface area contributed by atoms with Gasteiger partial charge in [0, 0.05) is 11.9 Å². The molecular weight excluding hydrogens is 218 g/mol. The van der Waals surface area contributed by atoms with Crippen LogP contribution in [0.4, 0.5) is 5.69 Å². The lowest BCUT2D eigenvalue weighted by Gasteiger charge is -1.98. The zero-order valence-electron chi connectivity index (χ0n) is 6.33. The van der Waals surface area contributed by atoms with E-state index in [4.69, 9.17) is 0 Å². The number of benzene rings is 1. The van der Waals surface area contributed by atoms with Crippen molar-refractivity contribution in [3.63, 3.8) is 0 Å². The second-order valence-electron chi connectivity index (χ2n) is 2.16. The molecule has 0 amide bonds. The third-order valence-electron chi connectivity index (χ3n) is 1.26. The Morgan fingerprint density at radius 3 is 2.58 bits per heavy atom. The van der Waals surface area contributed by atoms with Crippen molar-refractivity contribution in [1.82, 2.24) is 0 Å². The largest absolute Gasteiger partial charge is 0.360 e. The van der Waals surface area contributed by atoms with E-state index in [-0.39, 0.29) is 0 Å². The van der Waals surface area contributed by atoms with Crippen molar-refractivity contribution in [2.75, 3.05) is 5.32 Å². The molecule has 1 aromatic rings. The first-order valence-corrected chi connectivity index (χ1v) is 4.24. The maximum absolute atomic E-state index is 10.2. The number of allylic oxidation sites excluding steroid dienone is 1. The summed E-state index contributed by atoms with van der Waals surface area (Å²) >= 11 is 3.06. The molecule has 0 radical (unpaired) electrons. The predicted molar refractivity (Wildman–Crippen MR) is 53.1 cm³/mol. The molecule has 0 aliphatic heterocycles. The Labute approximate surface area is 79.4 Å². The quantitative estimate of drug-likeness (QED) is 0.633. The number of para-hydroxylation sites is 1. The minimum absolute atomic E-state index is 0.492. The number of aldehydes is 1. The molecule has 0 aliphatic carbocycles. The van der Waals surface area contributed by atoms with Gasteiger partial charge in [0.05, 0.1) is 4.48 Å². The highest BCUT2D eigenvalue weighted by atomic mass is 79.9. The van der Waals surface area contributed by atoms with Crippen LogP contribution in [0.2, 0.25) is 0 Å². The normalized spacial score (nSPS) is 10.9. The first-order chi connectivity index (χ1) is 5.83. The van der Waals surface area contributed by atoms with E-state index in [2.05, 4.69) is 21.2 Å². The van der Waals surface area contributed by atoms with Crippen molar-refractivity contribution in [3.8, 4) is 0 Å². The monoisotopic (exact) mass is 225 g/mol. The zero-order valence-corrected chi connectivity index (χ0v) is 7.91. The van der Waals surface area contributed by atoms with E-state index in [1.54, 1.807) is 6.20 Å². The van der Waals surface area contributed by atoms with Gasteiger partial charge >= 0.3 is 0 Å². The van der Waals surface area contributed by atoms with Gasteiger partial charge in [-0.25, -0.2) is 0 Å². The Morgan fingerprint density at radius 1 is 1.33 bits per heavy atom. The van der Waals surface area contributed by atoms with Crippen LogP contribution in [0, 0.1) is 0 Å². The van der Waals surface area contributed by atoms with Crippen LogP contribution in [-0.4, -0.2) is 6.29 Å². The number of hydrogen-bond donors (Lipinski definition) is 1. The molecule has 0 spiro atoms. The van der Waals surface area contributed by atoms with Crippen molar-refractivity contribution in [3.05, 3.63) is 41.0 Å². The van der Waals surface area contributed by atoms with Crippen LogP contribution in [0.1, 0.15) is 0 Å². The summed E-state index contributed by atoms with van der Waals surface area (Å²) in [5.74, 6) is 0. The van der Waals surface area contributed by atoms with Gasteiger partial charge in [0.25, 0.3) is 0 Å². The fourth-order valence-electron chi connectivity index (χ4n) is 0.721. The van der Waals surface area contributed by atoms with E-state index >= 15 is 0 Å². The lowest BCUT2D eigenvalue weighted by Crippen LogP contribution is -1.87. The Hall–Kier alpha value is -1.09. The molecule has 3 heteroatoms. The molecule has 0 atom stereocenters. The second-order valence-corrected chi connectivity index (χ2v) is 3.07. The van der Waals surface area contributed by atoms with Crippen molar-refractivity contribution >= 4 is 27.9 Å². The summed E-state index contributed by atoms with van der Waals surface area (Å²) in [5, 5.41) is 2.96. The third-order valence-corrected chi connectivity index (χ3v) is 1.68. The van der Waals surface area contributed by atoms with Crippen molar-refractivity contribution in [2.45, 2.75) is 0 Å². The number of carbonyl (C=O) groups is 1. The predicted octanol–water partition coefficient (Wildman–Crippen LogP) is 2.53. The maximum atomic E-state index is 10.2. The minimum atomic E-state index is 0.492. The Kier molecular flexibility index (Phi) is 3.54. The van der Waals surface area contributed by atoms with Gasteiger partial charge in [0.1, 0.15) is 0 Å². The highest BCUT2D eigenvalue weighted by Gasteiger charge is 1.87. The van der Waals surface area contributed by atoms with Crippen LogP contribution in [-0.2, 0) is 4.79 Å². The van der Waals surface area contributed by atoms with Gasteiger partial charge in [-0.05, 0) is 28.1 Å². The zero-order chi connectivity index (χ0) is 8.81. The molecular formula is C9H8BrNO. The number of carbonyl (C=O) groups excluding carboxylic acids is 1. The molecule has 0 fully saturated rings. The Balaban J connectivity index is 2.60. The van der Waals surface area contributed by atoms with Crippen LogP contribution in [0.5, 0.6) is 0 Å². The average molecular weight is 226 g/mol. The fourth-order valence-corrected chi connectivity index (χ4v) is 0.835. The molecule has 0 aromatic heterocycles. The Morgan fingerprint density at radius 2 is 2.00 bits per heavy atom. The SMILES string of the molecule is O=C/C(Br)=C/Nc1ccccc1. The van der Waals surface area contributed by atoms with Crippen LogP contribution in [0.25, 0.3) is 0 Å². The highest BCUT2D eigenvalue weighted by molar-refractivity contribution is 9.12. The highest BCUT2D eigenvalue weighted by Crippen LogP contribution is 2.07. The topological polar surface area (TPSA) is 29.1 Å². The first kappa shape index (κ1) is 9.00. The van der Waals surface area contributed by atoms with E-state index < -0.39 is 0 Å². The molecule has 12 heavy (non-hydrogen) atoms. The number of hydrogen-bond acceptors (Lipinski definition) is 2. The smallest absolute Gasteiger partial charge is 0.158 e. The molecule has 0 saturated carbocycles. The summed E-state index contributed by atoms with van der Waals surface area (Å²) in [6.07, 6.45) is 2.33. The van der Waals surface area contributed by atoms with E-state index in [9.17, 15) is 4.79 Å². The molecule has 2 nitrogen and oxygen atoms in total. The number of rotatable bonds is 3. The Bertz CT molecular complexity index is 282. The van der Waals surface area contributed by atoms with Crippen LogP contribution < -0.4 is 5.32 Å². The summed E-state index contributed by atoms with van der Waals surface area (Å²) < 4.78 is 0.492.